The molecule has 154 valence electrons. The highest BCUT2D eigenvalue weighted by molar-refractivity contribution is 6.30. The van der Waals surface area contributed by atoms with Gasteiger partial charge in [0.25, 0.3) is 0 Å². The van der Waals surface area contributed by atoms with Crippen LogP contribution in [0.4, 0.5) is 0 Å². The van der Waals surface area contributed by atoms with Gasteiger partial charge in [0.15, 0.2) is 0 Å². The van der Waals surface area contributed by atoms with E-state index in [1.165, 1.54) is 0 Å². The number of carboxylic acids is 1. The van der Waals surface area contributed by atoms with Crippen molar-refractivity contribution in [1.29, 1.82) is 0 Å². The van der Waals surface area contributed by atoms with Crippen LogP contribution < -0.4 is 4.74 Å². The minimum absolute atomic E-state index is 0.0681. The van der Waals surface area contributed by atoms with E-state index in [9.17, 15) is 15.0 Å². The van der Waals surface area contributed by atoms with Crippen LogP contribution >= 0.6 is 11.6 Å². The second-order valence-corrected chi connectivity index (χ2v) is 7.17. The predicted octanol–water partition coefficient (Wildman–Crippen LogP) is 3.21. The number of benzene rings is 1. The fourth-order valence-electron chi connectivity index (χ4n) is 2.99. The molecule has 1 heterocycles. The van der Waals surface area contributed by atoms with Crippen molar-refractivity contribution in [3.63, 3.8) is 0 Å². The topological polar surface area (TPSA) is 96.2 Å². The van der Waals surface area contributed by atoms with Crippen LogP contribution in [0.2, 0.25) is 5.02 Å². The molecule has 1 saturated heterocycles. The molecular formula is C21H27ClO6. The van der Waals surface area contributed by atoms with Gasteiger partial charge in [-0.05, 0) is 37.5 Å². The van der Waals surface area contributed by atoms with Gasteiger partial charge >= 0.3 is 5.97 Å². The highest BCUT2D eigenvalue weighted by atomic mass is 35.5. The summed E-state index contributed by atoms with van der Waals surface area (Å²) >= 11 is 5.89. The number of aliphatic carboxylic acids is 1. The maximum absolute atomic E-state index is 10.5. The standard InChI is InChI=1S/C21H27ClO6/c22-15-6-5-7-17(12-15)27-13-16(23)10-11-20-18(19(24)14-28-20)8-3-1-2-4-9-21(25)26/h1-2,5-7,10-12,16,18-20,23-24H,3-4,8-9,13-14H2,(H,25,26)/t16?,18-,19-,20+/m0/s1. The zero-order chi connectivity index (χ0) is 20.4. The summed E-state index contributed by atoms with van der Waals surface area (Å²) in [6.45, 7) is 0.348. The van der Waals surface area contributed by atoms with Crippen molar-refractivity contribution < 1.29 is 29.6 Å². The lowest BCUT2D eigenvalue weighted by Crippen LogP contribution is -2.23. The highest BCUT2D eigenvalue weighted by Crippen LogP contribution is 2.27. The molecule has 2 rings (SSSR count). The van der Waals surface area contributed by atoms with E-state index in [0.29, 0.717) is 17.2 Å². The second kappa shape index (κ2) is 11.9. The Morgan fingerprint density at radius 2 is 2.14 bits per heavy atom. The van der Waals surface area contributed by atoms with Crippen LogP contribution in [-0.4, -0.2) is 52.8 Å². The number of hydrogen-bond acceptors (Lipinski definition) is 5. The van der Waals surface area contributed by atoms with Gasteiger partial charge in [0.05, 0.1) is 18.8 Å². The lowest BCUT2D eigenvalue weighted by atomic mass is 9.93. The minimum Gasteiger partial charge on any atom is -0.491 e. The van der Waals surface area contributed by atoms with Crippen LogP contribution in [0.3, 0.4) is 0 Å². The van der Waals surface area contributed by atoms with E-state index in [1.807, 2.05) is 12.2 Å². The number of carboxylic acid groups (broad SMARTS) is 1. The number of allylic oxidation sites excluding steroid dienone is 2. The summed E-state index contributed by atoms with van der Waals surface area (Å²) in [4.78, 5) is 10.5. The molecule has 0 amide bonds. The maximum atomic E-state index is 10.5. The molecule has 3 N–H and O–H groups in total. The molecule has 0 spiro atoms. The Hall–Kier alpha value is -1.86. The molecule has 1 aromatic carbocycles. The Morgan fingerprint density at radius 1 is 1.36 bits per heavy atom. The van der Waals surface area contributed by atoms with E-state index in [0.717, 1.165) is 12.8 Å². The molecule has 0 bridgehead atoms. The summed E-state index contributed by atoms with van der Waals surface area (Å²) in [5.74, 6) is -0.297. The van der Waals surface area contributed by atoms with Gasteiger partial charge in [-0.1, -0.05) is 42.0 Å². The van der Waals surface area contributed by atoms with Crippen LogP contribution in [-0.2, 0) is 9.53 Å². The zero-order valence-corrected chi connectivity index (χ0v) is 16.4. The molecule has 28 heavy (non-hydrogen) atoms. The number of aliphatic hydroxyl groups is 2. The zero-order valence-electron chi connectivity index (χ0n) is 15.6. The first-order chi connectivity index (χ1) is 13.5. The maximum Gasteiger partial charge on any atom is 0.303 e. The highest BCUT2D eigenvalue weighted by Gasteiger charge is 2.33. The quantitative estimate of drug-likeness (QED) is 0.485. The molecule has 6 nitrogen and oxygen atoms in total. The number of ether oxygens (including phenoxy) is 2. The van der Waals surface area contributed by atoms with Gasteiger partial charge in [0.1, 0.15) is 18.5 Å². The van der Waals surface area contributed by atoms with E-state index in [-0.39, 0.29) is 31.7 Å². The molecule has 1 aliphatic heterocycles. The number of carbonyl (C=O) groups is 1. The molecule has 1 aromatic rings. The molecule has 0 radical (unpaired) electrons. The van der Waals surface area contributed by atoms with Crippen LogP contribution in [0, 0.1) is 5.92 Å². The molecule has 1 unspecified atom stereocenters. The number of rotatable bonds is 11. The first kappa shape index (κ1) is 22.4. The minimum atomic E-state index is -0.813. The number of aliphatic hydroxyl groups excluding tert-OH is 2. The van der Waals surface area contributed by atoms with Crippen LogP contribution in [0.1, 0.15) is 25.7 Å². The SMILES string of the molecule is O=C(O)CCC=CCC[C@H]1[C@@H](O)CO[C@@H]1C=CC(O)COc1cccc(Cl)c1. The fourth-order valence-corrected chi connectivity index (χ4v) is 3.17. The molecule has 1 aliphatic rings. The lowest BCUT2D eigenvalue weighted by molar-refractivity contribution is -0.136. The molecule has 0 saturated carbocycles. The van der Waals surface area contributed by atoms with Crippen molar-refractivity contribution in [2.24, 2.45) is 5.92 Å². The predicted molar refractivity (Wildman–Crippen MR) is 107 cm³/mol. The summed E-state index contributed by atoms with van der Waals surface area (Å²) in [5, 5.41) is 29.4. The molecule has 1 fully saturated rings. The lowest BCUT2D eigenvalue weighted by Gasteiger charge is -2.17. The fraction of sp³-hybridized carbons (Fsp3) is 0.476. The van der Waals surface area contributed by atoms with Gasteiger partial charge in [-0.2, -0.15) is 0 Å². The smallest absolute Gasteiger partial charge is 0.303 e. The van der Waals surface area contributed by atoms with Crippen molar-refractivity contribution >= 4 is 17.6 Å². The third kappa shape index (κ3) is 8.02. The van der Waals surface area contributed by atoms with Crippen LogP contribution in [0.15, 0.2) is 48.6 Å². The summed E-state index contributed by atoms with van der Waals surface area (Å²) in [5.41, 5.74) is 0. The first-order valence-corrected chi connectivity index (χ1v) is 9.74. The van der Waals surface area contributed by atoms with Gasteiger partial charge in [0.2, 0.25) is 0 Å². The third-order valence-corrected chi connectivity index (χ3v) is 4.71. The van der Waals surface area contributed by atoms with Crippen molar-refractivity contribution in [2.45, 2.75) is 44.0 Å². The Bertz CT molecular complexity index is 675. The average molecular weight is 411 g/mol. The van der Waals surface area contributed by atoms with Crippen LogP contribution in [0.25, 0.3) is 0 Å². The molecule has 0 aliphatic carbocycles. The van der Waals surface area contributed by atoms with E-state index < -0.39 is 18.2 Å². The Morgan fingerprint density at radius 3 is 2.89 bits per heavy atom. The van der Waals surface area contributed by atoms with E-state index in [4.69, 9.17) is 26.2 Å². The summed E-state index contributed by atoms with van der Waals surface area (Å²) in [7, 11) is 0. The van der Waals surface area contributed by atoms with Crippen LogP contribution in [0.5, 0.6) is 5.75 Å². The van der Waals surface area contributed by atoms with E-state index >= 15 is 0 Å². The summed E-state index contributed by atoms with van der Waals surface area (Å²) in [6, 6.07) is 6.95. The van der Waals surface area contributed by atoms with E-state index in [1.54, 1.807) is 36.4 Å². The first-order valence-electron chi connectivity index (χ1n) is 9.37. The van der Waals surface area contributed by atoms with Crippen molar-refractivity contribution in [2.75, 3.05) is 13.2 Å². The van der Waals surface area contributed by atoms with Crippen molar-refractivity contribution in [3.8, 4) is 5.75 Å². The Labute approximate surface area is 170 Å². The van der Waals surface area contributed by atoms with Gasteiger partial charge in [-0.15, -0.1) is 0 Å². The third-order valence-electron chi connectivity index (χ3n) is 4.47. The van der Waals surface area contributed by atoms with Gasteiger partial charge in [-0.25, -0.2) is 0 Å². The molecule has 4 atom stereocenters. The van der Waals surface area contributed by atoms with Crippen molar-refractivity contribution in [3.05, 3.63) is 53.6 Å². The largest absolute Gasteiger partial charge is 0.491 e. The number of hydrogen-bond donors (Lipinski definition) is 3. The van der Waals surface area contributed by atoms with E-state index in [2.05, 4.69) is 0 Å². The van der Waals surface area contributed by atoms with Gasteiger partial charge < -0.3 is 24.8 Å². The summed E-state index contributed by atoms with van der Waals surface area (Å²) < 4.78 is 11.1. The normalized spacial score (nSPS) is 23.5. The molecular weight excluding hydrogens is 384 g/mol. The molecule has 7 heteroatoms. The Kier molecular flexibility index (Phi) is 9.50. The monoisotopic (exact) mass is 410 g/mol. The number of halogens is 1. The van der Waals surface area contributed by atoms with Gasteiger partial charge in [0, 0.05) is 17.4 Å². The van der Waals surface area contributed by atoms with Crippen molar-refractivity contribution in [1.82, 2.24) is 0 Å². The van der Waals surface area contributed by atoms with Gasteiger partial charge in [-0.3, -0.25) is 4.79 Å². The Balaban J connectivity index is 1.76. The molecule has 0 aromatic heterocycles. The summed E-state index contributed by atoms with van der Waals surface area (Å²) in [6.07, 6.45) is 7.59. The second-order valence-electron chi connectivity index (χ2n) is 6.73. The average Bonchev–Trinajstić information content (AvgIpc) is 3.01.